The predicted octanol–water partition coefficient (Wildman–Crippen LogP) is 1.66. The minimum absolute atomic E-state index is 0.608. The van der Waals surface area contributed by atoms with E-state index in [4.69, 9.17) is 4.74 Å². The molecule has 1 unspecified atom stereocenters. The van der Waals surface area contributed by atoms with Gasteiger partial charge in [-0.2, -0.15) is 0 Å². The predicted molar refractivity (Wildman–Crippen MR) is 63.6 cm³/mol. The summed E-state index contributed by atoms with van der Waals surface area (Å²) in [7, 11) is 0. The van der Waals surface area contributed by atoms with Crippen molar-refractivity contribution in [2.45, 2.75) is 25.4 Å². The smallest absolute Gasteiger partial charge is 0.125 e. The highest BCUT2D eigenvalue weighted by atomic mass is 16.5. The van der Waals surface area contributed by atoms with Crippen molar-refractivity contribution in [2.24, 2.45) is 0 Å². The summed E-state index contributed by atoms with van der Waals surface area (Å²) >= 11 is 0. The SMILES string of the molecule is CCOc1ccccc1C1(O)CCCNC1. The van der Waals surface area contributed by atoms with Crippen LogP contribution in [-0.4, -0.2) is 24.8 Å². The first-order chi connectivity index (χ1) is 7.76. The summed E-state index contributed by atoms with van der Waals surface area (Å²) in [5.74, 6) is 0.802. The minimum Gasteiger partial charge on any atom is -0.493 e. The maximum Gasteiger partial charge on any atom is 0.125 e. The highest BCUT2D eigenvalue weighted by Gasteiger charge is 2.33. The zero-order chi connectivity index (χ0) is 11.4. The van der Waals surface area contributed by atoms with Crippen molar-refractivity contribution in [2.75, 3.05) is 19.7 Å². The topological polar surface area (TPSA) is 41.5 Å². The summed E-state index contributed by atoms with van der Waals surface area (Å²) in [5, 5.41) is 13.8. The minimum atomic E-state index is -0.774. The second-order valence-electron chi connectivity index (χ2n) is 4.24. The van der Waals surface area contributed by atoms with Crippen LogP contribution in [0.5, 0.6) is 5.75 Å². The summed E-state index contributed by atoms with van der Waals surface area (Å²) in [5.41, 5.74) is 0.133. The van der Waals surface area contributed by atoms with Gasteiger partial charge in [0.25, 0.3) is 0 Å². The van der Waals surface area contributed by atoms with E-state index < -0.39 is 5.60 Å². The van der Waals surface area contributed by atoms with Crippen molar-refractivity contribution in [1.29, 1.82) is 0 Å². The van der Waals surface area contributed by atoms with Gasteiger partial charge in [-0.25, -0.2) is 0 Å². The van der Waals surface area contributed by atoms with Crippen molar-refractivity contribution in [3.63, 3.8) is 0 Å². The first-order valence-corrected chi connectivity index (χ1v) is 5.92. The first-order valence-electron chi connectivity index (χ1n) is 5.92. The number of nitrogens with one attached hydrogen (secondary N) is 1. The molecule has 0 amide bonds. The molecule has 2 rings (SSSR count). The number of hydrogen-bond acceptors (Lipinski definition) is 3. The third kappa shape index (κ3) is 2.20. The highest BCUT2D eigenvalue weighted by Crippen LogP contribution is 2.34. The number of β-amino-alcohol motifs (C(OH)–C–C–N with tert-alkyl or cyclic N) is 1. The Morgan fingerprint density at radius 3 is 2.94 bits per heavy atom. The Labute approximate surface area is 96.4 Å². The van der Waals surface area contributed by atoms with Crippen LogP contribution in [0.15, 0.2) is 24.3 Å². The molecule has 0 bridgehead atoms. The lowest BCUT2D eigenvalue weighted by molar-refractivity contribution is 0.00985. The van der Waals surface area contributed by atoms with Crippen LogP contribution in [0.3, 0.4) is 0 Å². The molecule has 1 atom stereocenters. The molecule has 0 aromatic heterocycles. The fraction of sp³-hybridized carbons (Fsp3) is 0.538. The molecular weight excluding hydrogens is 202 g/mol. The summed E-state index contributed by atoms with van der Waals surface area (Å²) in [6, 6.07) is 7.77. The van der Waals surface area contributed by atoms with E-state index >= 15 is 0 Å². The largest absolute Gasteiger partial charge is 0.493 e. The molecule has 1 heterocycles. The molecular formula is C13H19NO2. The van der Waals surface area contributed by atoms with E-state index in [2.05, 4.69) is 5.32 Å². The number of piperidine rings is 1. The second kappa shape index (κ2) is 4.85. The van der Waals surface area contributed by atoms with Gasteiger partial charge >= 0.3 is 0 Å². The van der Waals surface area contributed by atoms with Crippen molar-refractivity contribution in [1.82, 2.24) is 5.32 Å². The first kappa shape index (κ1) is 11.4. The van der Waals surface area contributed by atoms with Gasteiger partial charge in [0.15, 0.2) is 0 Å². The number of ether oxygens (including phenoxy) is 1. The molecule has 1 aromatic carbocycles. The molecule has 1 saturated heterocycles. The van der Waals surface area contributed by atoms with Crippen LogP contribution in [0.25, 0.3) is 0 Å². The number of aliphatic hydroxyl groups is 1. The molecule has 0 radical (unpaired) electrons. The molecule has 2 N–H and O–H groups in total. The number of benzene rings is 1. The molecule has 1 aromatic rings. The van der Waals surface area contributed by atoms with Gasteiger partial charge in [0.05, 0.1) is 6.61 Å². The normalized spacial score (nSPS) is 25.4. The maximum absolute atomic E-state index is 10.6. The van der Waals surface area contributed by atoms with Crippen molar-refractivity contribution >= 4 is 0 Å². The summed E-state index contributed by atoms with van der Waals surface area (Å²) < 4.78 is 5.57. The molecule has 1 aliphatic rings. The van der Waals surface area contributed by atoms with Gasteiger partial charge in [-0.15, -0.1) is 0 Å². The maximum atomic E-state index is 10.6. The van der Waals surface area contributed by atoms with Crippen LogP contribution in [0.1, 0.15) is 25.3 Å². The van der Waals surface area contributed by atoms with Gasteiger partial charge in [0.1, 0.15) is 11.4 Å². The molecule has 3 heteroatoms. The standard InChI is InChI=1S/C13H19NO2/c1-2-16-12-7-4-3-6-11(12)13(15)8-5-9-14-10-13/h3-4,6-7,14-15H,2,5,8-10H2,1H3. The number of hydrogen-bond donors (Lipinski definition) is 2. The highest BCUT2D eigenvalue weighted by molar-refractivity contribution is 5.38. The number of para-hydroxylation sites is 1. The summed E-state index contributed by atoms with van der Waals surface area (Å²) in [4.78, 5) is 0. The molecule has 0 spiro atoms. The molecule has 16 heavy (non-hydrogen) atoms. The molecule has 1 fully saturated rings. The van der Waals surface area contributed by atoms with Crippen molar-refractivity contribution in [3.05, 3.63) is 29.8 Å². The quantitative estimate of drug-likeness (QED) is 0.815. The Kier molecular flexibility index (Phi) is 3.46. The monoisotopic (exact) mass is 221 g/mol. The van der Waals surface area contributed by atoms with E-state index in [0.717, 1.165) is 30.7 Å². The Morgan fingerprint density at radius 1 is 1.44 bits per heavy atom. The fourth-order valence-corrected chi connectivity index (χ4v) is 2.25. The Balaban J connectivity index is 2.30. The third-order valence-corrected chi connectivity index (χ3v) is 3.05. The van der Waals surface area contributed by atoms with Crippen LogP contribution >= 0.6 is 0 Å². The third-order valence-electron chi connectivity index (χ3n) is 3.05. The summed E-state index contributed by atoms with van der Waals surface area (Å²) in [6.45, 7) is 4.18. The van der Waals surface area contributed by atoms with Crippen molar-refractivity contribution < 1.29 is 9.84 Å². The number of rotatable bonds is 3. The zero-order valence-electron chi connectivity index (χ0n) is 9.70. The molecule has 0 aliphatic carbocycles. The lowest BCUT2D eigenvalue weighted by Crippen LogP contribution is -2.43. The Morgan fingerprint density at radius 2 is 2.25 bits per heavy atom. The van der Waals surface area contributed by atoms with E-state index in [1.54, 1.807) is 0 Å². The van der Waals surface area contributed by atoms with Crippen LogP contribution in [-0.2, 0) is 5.60 Å². The van der Waals surface area contributed by atoms with Gasteiger partial charge in [0.2, 0.25) is 0 Å². The molecule has 0 saturated carbocycles. The fourth-order valence-electron chi connectivity index (χ4n) is 2.25. The van der Waals surface area contributed by atoms with Gasteiger partial charge in [-0.3, -0.25) is 0 Å². The lowest BCUT2D eigenvalue weighted by Gasteiger charge is -2.34. The second-order valence-corrected chi connectivity index (χ2v) is 4.24. The van der Waals surface area contributed by atoms with E-state index in [0.29, 0.717) is 13.2 Å². The van der Waals surface area contributed by atoms with E-state index in [1.807, 2.05) is 31.2 Å². The average molecular weight is 221 g/mol. The van der Waals surface area contributed by atoms with Crippen LogP contribution in [0, 0.1) is 0 Å². The molecule has 3 nitrogen and oxygen atoms in total. The van der Waals surface area contributed by atoms with Crippen LogP contribution in [0.2, 0.25) is 0 Å². The van der Waals surface area contributed by atoms with E-state index in [-0.39, 0.29) is 0 Å². The van der Waals surface area contributed by atoms with Gasteiger partial charge < -0.3 is 15.2 Å². The zero-order valence-corrected chi connectivity index (χ0v) is 9.70. The van der Waals surface area contributed by atoms with Crippen LogP contribution < -0.4 is 10.1 Å². The van der Waals surface area contributed by atoms with Gasteiger partial charge in [0, 0.05) is 12.1 Å². The van der Waals surface area contributed by atoms with Gasteiger partial charge in [-0.05, 0) is 32.4 Å². The van der Waals surface area contributed by atoms with E-state index in [1.165, 1.54) is 0 Å². The van der Waals surface area contributed by atoms with Crippen molar-refractivity contribution in [3.8, 4) is 5.75 Å². The van der Waals surface area contributed by atoms with Gasteiger partial charge in [-0.1, -0.05) is 18.2 Å². The lowest BCUT2D eigenvalue weighted by atomic mass is 9.86. The van der Waals surface area contributed by atoms with E-state index in [9.17, 15) is 5.11 Å². The average Bonchev–Trinajstić information content (AvgIpc) is 2.31. The molecule has 88 valence electrons. The Hall–Kier alpha value is -1.06. The Bertz CT molecular complexity index is 346. The molecule has 1 aliphatic heterocycles. The van der Waals surface area contributed by atoms with Crippen LogP contribution in [0.4, 0.5) is 0 Å². The summed E-state index contributed by atoms with van der Waals surface area (Å²) in [6.07, 6.45) is 1.79.